The third-order valence-electron chi connectivity index (χ3n) is 5.60. The van der Waals surface area contributed by atoms with E-state index in [-0.39, 0.29) is 18.6 Å². The minimum Gasteiger partial charge on any atom is -0.488 e. The van der Waals surface area contributed by atoms with E-state index in [1.165, 1.54) is 0 Å². The quantitative estimate of drug-likeness (QED) is 0.719. The number of carbonyl (C=O) groups excluding carboxylic acids is 1. The predicted molar refractivity (Wildman–Crippen MR) is 112 cm³/mol. The highest BCUT2D eigenvalue weighted by Gasteiger charge is 2.35. The molecule has 3 saturated heterocycles. The number of halogens is 2. The van der Waals surface area contributed by atoms with E-state index in [2.05, 4.69) is 10.2 Å². The van der Waals surface area contributed by atoms with Crippen molar-refractivity contribution in [3.05, 3.63) is 57.6 Å². The van der Waals surface area contributed by atoms with Crippen molar-refractivity contribution in [3.63, 3.8) is 0 Å². The van der Waals surface area contributed by atoms with Crippen LogP contribution in [0.15, 0.2) is 36.4 Å². The van der Waals surface area contributed by atoms with Gasteiger partial charge >= 0.3 is 0 Å². The number of nitrogens with one attached hydrogen (secondary N) is 1. The molecule has 0 aliphatic carbocycles. The number of hydrogen-bond acceptors (Lipinski definition) is 4. The Balaban J connectivity index is 1.52. The number of hydrogen-bond donors (Lipinski definition) is 2. The topological polar surface area (TPSA) is 67.6 Å². The number of nitrogens with two attached hydrogens (primary N) is 1. The molecule has 2 aromatic rings. The average molecular weight is 420 g/mol. The van der Waals surface area contributed by atoms with E-state index in [0.29, 0.717) is 33.0 Å². The van der Waals surface area contributed by atoms with Gasteiger partial charge in [-0.05, 0) is 55.6 Å². The first-order valence-corrected chi connectivity index (χ1v) is 10.2. The molecule has 1 amide bonds. The van der Waals surface area contributed by atoms with Crippen molar-refractivity contribution < 1.29 is 9.53 Å². The number of rotatable bonds is 5. The molecule has 2 aromatic carbocycles. The molecule has 1 atom stereocenters. The van der Waals surface area contributed by atoms with Crippen LogP contribution < -0.4 is 15.8 Å². The maximum absolute atomic E-state index is 13.0. The van der Waals surface area contributed by atoms with E-state index < -0.39 is 0 Å². The minimum absolute atomic E-state index is 0.159. The number of nitrogen functional groups attached to an aromatic ring is 1. The summed E-state index contributed by atoms with van der Waals surface area (Å²) in [5, 5.41) is 4.16. The van der Waals surface area contributed by atoms with E-state index in [9.17, 15) is 4.79 Å². The fraction of sp³-hybridized carbons (Fsp3) is 0.381. The van der Waals surface area contributed by atoms with Gasteiger partial charge in [-0.3, -0.25) is 4.79 Å². The van der Waals surface area contributed by atoms with Gasteiger partial charge in [0.1, 0.15) is 12.4 Å². The summed E-state index contributed by atoms with van der Waals surface area (Å²) in [5.41, 5.74) is 7.63. The largest absolute Gasteiger partial charge is 0.488 e. The molecule has 3 fully saturated rings. The van der Waals surface area contributed by atoms with Gasteiger partial charge in [0, 0.05) is 23.7 Å². The predicted octanol–water partition coefficient (Wildman–Crippen LogP) is 3.98. The Morgan fingerprint density at radius 2 is 2.00 bits per heavy atom. The van der Waals surface area contributed by atoms with Crippen molar-refractivity contribution in [3.8, 4) is 5.75 Å². The molecule has 0 aromatic heterocycles. The lowest BCUT2D eigenvalue weighted by Gasteiger charge is -2.44. The molecule has 148 valence electrons. The molecule has 1 unspecified atom stereocenters. The number of anilines is 1. The first-order chi connectivity index (χ1) is 13.5. The lowest BCUT2D eigenvalue weighted by atomic mass is 9.84. The van der Waals surface area contributed by atoms with Gasteiger partial charge in [-0.1, -0.05) is 35.3 Å². The van der Waals surface area contributed by atoms with E-state index in [1.807, 2.05) is 18.2 Å². The summed E-state index contributed by atoms with van der Waals surface area (Å²) in [6.45, 7) is 3.43. The molecule has 0 radical (unpaired) electrons. The Labute approximate surface area is 174 Å². The molecule has 5 rings (SSSR count). The second-order valence-electron chi connectivity index (χ2n) is 7.51. The normalized spacial score (nSPS) is 23.4. The summed E-state index contributed by atoms with van der Waals surface area (Å²) in [4.78, 5) is 15.4. The summed E-state index contributed by atoms with van der Waals surface area (Å²) in [6.07, 6.45) is 2.26. The summed E-state index contributed by atoms with van der Waals surface area (Å²) in [7, 11) is 0. The fourth-order valence-electron chi connectivity index (χ4n) is 4.03. The Bertz CT molecular complexity index is 882. The molecule has 3 aliphatic rings. The van der Waals surface area contributed by atoms with Gasteiger partial charge in [-0.2, -0.15) is 0 Å². The van der Waals surface area contributed by atoms with Gasteiger partial charge in [0.15, 0.2) is 0 Å². The molecule has 3 heterocycles. The van der Waals surface area contributed by atoms with Crippen LogP contribution in [0.5, 0.6) is 5.75 Å². The first-order valence-electron chi connectivity index (χ1n) is 9.49. The van der Waals surface area contributed by atoms with Crippen molar-refractivity contribution in [1.82, 2.24) is 10.2 Å². The average Bonchev–Trinajstić information content (AvgIpc) is 2.69. The van der Waals surface area contributed by atoms with E-state index in [4.69, 9.17) is 33.7 Å². The third-order valence-corrected chi connectivity index (χ3v) is 6.16. The molecule has 5 nitrogen and oxygen atoms in total. The Morgan fingerprint density at radius 3 is 2.68 bits per heavy atom. The van der Waals surface area contributed by atoms with Crippen LogP contribution in [0.3, 0.4) is 0 Å². The lowest BCUT2D eigenvalue weighted by Crippen LogP contribution is -2.57. The second-order valence-corrected chi connectivity index (χ2v) is 8.35. The standard InChI is InChI=1S/C21H23Cl2N3O2/c22-15-3-1-2-13(8-15)12-28-20-10-18(24)17(23)9-16(20)21(27)25-19-11-26-6-4-14(19)5-7-26/h1-3,8-10,14,19H,4-7,11-12,24H2,(H,25,27). The molecule has 2 bridgehead atoms. The molecular weight excluding hydrogens is 397 g/mol. The SMILES string of the molecule is Nc1cc(OCc2cccc(Cl)c2)c(C(=O)NC2CN3CCC2CC3)cc1Cl. The molecule has 0 saturated carbocycles. The van der Waals surface area contributed by atoms with Gasteiger partial charge in [0.05, 0.1) is 16.3 Å². The molecular formula is C21H23Cl2N3O2. The number of fused-ring (bicyclic) bond motifs is 3. The number of piperidine rings is 3. The van der Waals surface area contributed by atoms with Crippen LogP contribution in [0.2, 0.25) is 10.0 Å². The monoisotopic (exact) mass is 419 g/mol. The number of nitrogens with zero attached hydrogens (tertiary/aromatic N) is 1. The Hall–Kier alpha value is -1.95. The highest BCUT2D eigenvalue weighted by molar-refractivity contribution is 6.33. The van der Waals surface area contributed by atoms with Crippen LogP contribution in [0.25, 0.3) is 0 Å². The van der Waals surface area contributed by atoms with Gasteiger partial charge in [-0.25, -0.2) is 0 Å². The van der Waals surface area contributed by atoms with Gasteiger partial charge in [0.25, 0.3) is 5.91 Å². The summed E-state index contributed by atoms with van der Waals surface area (Å²) >= 11 is 12.2. The molecule has 3 aliphatic heterocycles. The fourth-order valence-corrected chi connectivity index (χ4v) is 4.41. The van der Waals surface area contributed by atoms with Crippen LogP contribution in [0.4, 0.5) is 5.69 Å². The van der Waals surface area contributed by atoms with Crippen LogP contribution in [-0.2, 0) is 6.61 Å². The maximum Gasteiger partial charge on any atom is 0.255 e. The van der Waals surface area contributed by atoms with Crippen LogP contribution in [0.1, 0.15) is 28.8 Å². The highest BCUT2D eigenvalue weighted by atomic mass is 35.5. The Kier molecular flexibility index (Phi) is 5.67. The first kappa shape index (κ1) is 19.4. The highest BCUT2D eigenvalue weighted by Crippen LogP contribution is 2.31. The van der Waals surface area contributed by atoms with Gasteiger partial charge in [-0.15, -0.1) is 0 Å². The van der Waals surface area contributed by atoms with Crippen molar-refractivity contribution in [2.24, 2.45) is 5.92 Å². The zero-order valence-electron chi connectivity index (χ0n) is 15.5. The van der Waals surface area contributed by atoms with E-state index >= 15 is 0 Å². The third kappa shape index (κ3) is 4.22. The lowest BCUT2D eigenvalue weighted by molar-refractivity contribution is 0.0618. The van der Waals surface area contributed by atoms with Gasteiger partial charge in [0.2, 0.25) is 0 Å². The van der Waals surface area contributed by atoms with Crippen molar-refractivity contribution in [2.75, 3.05) is 25.4 Å². The van der Waals surface area contributed by atoms with Crippen molar-refractivity contribution in [2.45, 2.75) is 25.5 Å². The molecule has 0 spiro atoms. The summed E-state index contributed by atoms with van der Waals surface area (Å²) < 4.78 is 5.92. The van der Waals surface area contributed by atoms with Crippen molar-refractivity contribution in [1.29, 1.82) is 0 Å². The van der Waals surface area contributed by atoms with Crippen LogP contribution in [0, 0.1) is 5.92 Å². The maximum atomic E-state index is 13.0. The number of ether oxygens (including phenoxy) is 1. The summed E-state index contributed by atoms with van der Waals surface area (Å²) in [6, 6.07) is 10.8. The van der Waals surface area contributed by atoms with Crippen LogP contribution in [-0.4, -0.2) is 36.5 Å². The summed E-state index contributed by atoms with van der Waals surface area (Å²) in [5.74, 6) is 0.774. The minimum atomic E-state index is -0.179. The zero-order valence-corrected chi connectivity index (χ0v) is 17.0. The van der Waals surface area contributed by atoms with Gasteiger partial charge < -0.3 is 20.7 Å². The van der Waals surface area contributed by atoms with Crippen molar-refractivity contribution >= 4 is 34.8 Å². The number of benzene rings is 2. The zero-order chi connectivity index (χ0) is 19.7. The molecule has 28 heavy (non-hydrogen) atoms. The van der Waals surface area contributed by atoms with Crippen LogP contribution >= 0.6 is 23.2 Å². The smallest absolute Gasteiger partial charge is 0.255 e. The Morgan fingerprint density at radius 1 is 1.21 bits per heavy atom. The van der Waals surface area contributed by atoms with E-state index in [1.54, 1.807) is 18.2 Å². The number of amides is 1. The number of carbonyl (C=O) groups is 1. The van der Waals surface area contributed by atoms with E-state index in [0.717, 1.165) is 38.0 Å². The molecule has 3 N–H and O–H groups in total. The molecule has 7 heteroatoms. The second kappa shape index (κ2) is 8.19.